The van der Waals surface area contributed by atoms with Crippen molar-refractivity contribution in [3.8, 4) is 11.5 Å². The van der Waals surface area contributed by atoms with Crippen molar-refractivity contribution >= 4 is 39.9 Å². The molecule has 0 saturated heterocycles. The smallest absolute Gasteiger partial charge is 0.249 e. The van der Waals surface area contributed by atoms with Crippen molar-refractivity contribution in [1.29, 1.82) is 0 Å². The van der Waals surface area contributed by atoms with E-state index < -0.39 is 6.04 Å². The summed E-state index contributed by atoms with van der Waals surface area (Å²) in [6.45, 7) is 4.76. The van der Waals surface area contributed by atoms with Crippen LogP contribution in [0.5, 0.6) is 11.5 Å². The molecule has 2 aromatic heterocycles. The highest BCUT2D eigenvalue weighted by Gasteiger charge is 2.34. The van der Waals surface area contributed by atoms with E-state index in [1.807, 2.05) is 41.8 Å². The molecule has 0 saturated carbocycles. The number of hydrogen-bond acceptors (Lipinski definition) is 7. The lowest BCUT2D eigenvalue weighted by Crippen LogP contribution is -2.45. The van der Waals surface area contributed by atoms with Crippen molar-refractivity contribution in [2.45, 2.75) is 32.9 Å². The van der Waals surface area contributed by atoms with E-state index in [0.717, 1.165) is 16.8 Å². The second kappa shape index (κ2) is 10.4. The SMILES string of the molecule is CC(C)CCNC(=O)[C@H](c1cccs1)N(C(=O)Cn1nnc2ccccc21)c1ccc2c(c1)OCO2. The average molecular weight is 506 g/mol. The van der Waals surface area contributed by atoms with Crippen LogP contribution in [0.15, 0.2) is 60.0 Å². The molecule has 10 heteroatoms. The monoisotopic (exact) mass is 505 g/mol. The van der Waals surface area contributed by atoms with Gasteiger partial charge in [0.15, 0.2) is 11.5 Å². The number of fused-ring (bicyclic) bond motifs is 2. The normalized spacial score (nSPS) is 13.2. The number of para-hydroxylation sites is 1. The molecule has 2 aromatic carbocycles. The molecule has 0 radical (unpaired) electrons. The second-order valence-electron chi connectivity index (χ2n) is 8.93. The lowest BCUT2D eigenvalue weighted by Gasteiger charge is -2.31. The van der Waals surface area contributed by atoms with Gasteiger partial charge in [-0.15, -0.1) is 16.4 Å². The van der Waals surface area contributed by atoms with Gasteiger partial charge in [0, 0.05) is 23.2 Å². The Bertz CT molecular complexity index is 1370. The molecule has 0 fully saturated rings. The number of carbonyl (C=O) groups is 2. The van der Waals surface area contributed by atoms with Crippen LogP contribution in [-0.4, -0.2) is 40.1 Å². The van der Waals surface area contributed by atoms with Gasteiger partial charge in [0.25, 0.3) is 0 Å². The van der Waals surface area contributed by atoms with Crippen LogP contribution in [0.25, 0.3) is 11.0 Å². The van der Waals surface area contributed by atoms with Crippen molar-refractivity contribution in [3.05, 3.63) is 64.9 Å². The molecule has 3 heterocycles. The number of nitrogens with one attached hydrogen (secondary N) is 1. The molecule has 0 aliphatic carbocycles. The minimum absolute atomic E-state index is 0.0872. The van der Waals surface area contributed by atoms with Crippen LogP contribution in [0, 0.1) is 5.92 Å². The van der Waals surface area contributed by atoms with Crippen LogP contribution in [0.3, 0.4) is 0 Å². The summed E-state index contributed by atoms with van der Waals surface area (Å²) in [5, 5.41) is 13.3. The van der Waals surface area contributed by atoms with Crippen LogP contribution in [-0.2, 0) is 16.1 Å². The fourth-order valence-electron chi connectivity index (χ4n) is 4.11. The van der Waals surface area contributed by atoms with Crippen molar-refractivity contribution in [3.63, 3.8) is 0 Å². The molecule has 4 aromatic rings. The zero-order valence-corrected chi connectivity index (χ0v) is 20.9. The first kappa shape index (κ1) is 23.8. The summed E-state index contributed by atoms with van der Waals surface area (Å²) in [5.41, 5.74) is 1.97. The molecule has 5 rings (SSSR count). The number of benzene rings is 2. The highest BCUT2D eigenvalue weighted by molar-refractivity contribution is 7.10. The molecular weight excluding hydrogens is 478 g/mol. The van der Waals surface area contributed by atoms with E-state index in [9.17, 15) is 9.59 Å². The van der Waals surface area contributed by atoms with E-state index in [2.05, 4.69) is 29.5 Å². The molecule has 0 bridgehead atoms. The van der Waals surface area contributed by atoms with Crippen LogP contribution in [0.1, 0.15) is 31.2 Å². The Morgan fingerprint density at radius 3 is 2.75 bits per heavy atom. The summed E-state index contributed by atoms with van der Waals surface area (Å²) in [6.07, 6.45) is 0.839. The summed E-state index contributed by atoms with van der Waals surface area (Å²) in [5.74, 6) is 1.02. The standard InChI is InChI=1S/C26H27N5O4S/c1-17(2)11-12-27-26(33)25(23-8-5-13-36-23)31(18-9-10-21-22(14-18)35-16-34-21)24(32)15-30-20-7-4-3-6-19(20)28-29-30/h3-10,13-14,17,25H,11-12,15-16H2,1-2H3,(H,27,33)/t25-/m0/s1. The summed E-state index contributed by atoms with van der Waals surface area (Å²) in [4.78, 5) is 29.8. The Labute approximate surface area is 212 Å². The third kappa shape index (κ3) is 4.90. The maximum Gasteiger partial charge on any atom is 0.249 e. The highest BCUT2D eigenvalue weighted by Crippen LogP contribution is 2.39. The summed E-state index contributed by atoms with van der Waals surface area (Å²) in [7, 11) is 0. The fourth-order valence-corrected chi connectivity index (χ4v) is 4.92. The van der Waals surface area contributed by atoms with Gasteiger partial charge in [-0.1, -0.05) is 37.3 Å². The number of carbonyl (C=O) groups excluding carboxylic acids is 2. The highest BCUT2D eigenvalue weighted by atomic mass is 32.1. The van der Waals surface area contributed by atoms with Crippen LogP contribution < -0.4 is 19.7 Å². The molecule has 186 valence electrons. The van der Waals surface area contributed by atoms with Gasteiger partial charge in [-0.2, -0.15) is 0 Å². The number of thiophene rings is 1. The molecule has 9 nitrogen and oxygen atoms in total. The number of anilines is 1. The summed E-state index contributed by atoms with van der Waals surface area (Å²) >= 11 is 1.43. The van der Waals surface area contributed by atoms with E-state index in [1.165, 1.54) is 16.2 Å². The van der Waals surface area contributed by atoms with Gasteiger partial charge in [0.2, 0.25) is 18.6 Å². The van der Waals surface area contributed by atoms with Gasteiger partial charge in [-0.3, -0.25) is 14.5 Å². The van der Waals surface area contributed by atoms with E-state index in [-0.39, 0.29) is 25.2 Å². The molecule has 1 atom stereocenters. The number of hydrogen-bond donors (Lipinski definition) is 1. The molecule has 0 spiro atoms. The molecule has 1 N–H and O–H groups in total. The third-order valence-electron chi connectivity index (χ3n) is 5.95. The second-order valence-corrected chi connectivity index (χ2v) is 9.91. The Morgan fingerprint density at radius 2 is 1.94 bits per heavy atom. The Hall–Kier alpha value is -3.92. The molecule has 2 amide bonds. The first-order valence-electron chi connectivity index (χ1n) is 11.8. The van der Waals surface area contributed by atoms with Gasteiger partial charge < -0.3 is 14.8 Å². The Balaban J connectivity index is 1.53. The van der Waals surface area contributed by atoms with Crippen molar-refractivity contribution in [2.24, 2.45) is 5.92 Å². The largest absolute Gasteiger partial charge is 0.454 e. The van der Waals surface area contributed by atoms with E-state index in [4.69, 9.17) is 9.47 Å². The first-order valence-corrected chi connectivity index (χ1v) is 12.7. The van der Waals surface area contributed by atoms with Crippen molar-refractivity contribution in [1.82, 2.24) is 20.3 Å². The van der Waals surface area contributed by atoms with Crippen LogP contribution >= 0.6 is 11.3 Å². The maximum atomic E-state index is 14.0. The summed E-state index contributed by atoms with van der Waals surface area (Å²) < 4.78 is 12.6. The number of rotatable bonds is 9. The zero-order chi connectivity index (χ0) is 25.1. The average Bonchev–Trinajstić information content (AvgIpc) is 3.63. The molecule has 36 heavy (non-hydrogen) atoms. The predicted octanol–water partition coefficient (Wildman–Crippen LogP) is 4.16. The number of aromatic nitrogens is 3. The maximum absolute atomic E-state index is 14.0. The van der Waals surface area contributed by atoms with E-state index >= 15 is 0 Å². The minimum atomic E-state index is -0.861. The van der Waals surface area contributed by atoms with E-state index in [1.54, 1.807) is 22.9 Å². The number of ether oxygens (including phenoxy) is 2. The summed E-state index contributed by atoms with van der Waals surface area (Å²) in [6, 6.07) is 15.6. The zero-order valence-electron chi connectivity index (χ0n) is 20.1. The Morgan fingerprint density at radius 1 is 1.11 bits per heavy atom. The van der Waals surface area contributed by atoms with Crippen molar-refractivity contribution in [2.75, 3.05) is 18.2 Å². The van der Waals surface area contributed by atoms with Gasteiger partial charge in [0.1, 0.15) is 18.1 Å². The van der Waals surface area contributed by atoms with E-state index in [0.29, 0.717) is 35.2 Å². The molecule has 0 unspecified atom stereocenters. The van der Waals surface area contributed by atoms with Gasteiger partial charge in [0.05, 0.1) is 5.52 Å². The topological polar surface area (TPSA) is 98.6 Å². The van der Waals surface area contributed by atoms with Gasteiger partial charge >= 0.3 is 0 Å². The van der Waals surface area contributed by atoms with Crippen LogP contribution in [0.4, 0.5) is 5.69 Å². The molecule has 1 aliphatic heterocycles. The quantitative estimate of drug-likeness (QED) is 0.367. The predicted molar refractivity (Wildman–Crippen MR) is 137 cm³/mol. The molecule has 1 aliphatic rings. The van der Waals surface area contributed by atoms with Crippen LogP contribution in [0.2, 0.25) is 0 Å². The van der Waals surface area contributed by atoms with Gasteiger partial charge in [-0.25, -0.2) is 4.68 Å². The number of amides is 2. The third-order valence-corrected chi connectivity index (χ3v) is 6.87. The Kier molecular flexibility index (Phi) is 6.86. The number of nitrogens with zero attached hydrogens (tertiary/aromatic N) is 4. The molecular formula is C26H27N5O4S. The van der Waals surface area contributed by atoms with Crippen molar-refractivity contribution < 1.29 is 19.1 Å². The van der Waals surface area contributed by atoms with Gasteiger partial charge in [-0.05, 0) is 48.1 Å². The fraction of sp³-hybridized carbons (Fsp3) is 0.308. The lowest BCUT2D eigenvalue weighted by atomic mass is 10.1. The first-order chi connectivity index (χ1) is 17.5. The minimum Gasteiger partial charge on any atom is -0.454 e. The lowest BCUT2D eigenvalue weighted by molar-refractivity contribution is -0.126.